The Hall–Kier alpha value is -0.940. The van der Waals surface area contributed by atoms with Gasteiger partial charge in [0.2, 0.25) is 0 Å². The fourth-order valence-electron chi connectivity index (χ4n) is 0.840. The summed E-state index contributed by atoms with van der Waals surface area (Å²) in [5.41, 5.74) is 2.55. The van der Waals surface area contributed by atoms with Crippen LogP contribution in [-0.2, 0) is 0 Å². The van der Waals surface area contributed by atoms with Gasteiger partial charge >= 0.3 is 12.2 Å². The molecule has 0 aromatic carbocycles. The average molecular weight is 168 g/mol. The fraction of sp³-hybridized carbons (Fsp3) is 0.800. The van der Waals surface area contributed by atoms with Crippen molar-refractivity contribution in [2.24, 2.45) is 5.73 Å². The maximum Gasteiger partial charge on any atom is 0.411 e. The van der Waals surface area contributed by atoms with Gasteiger partial charge in [0.1, 0.15) is 5.54 Å². The van der Waals surface area contributed by atoms with Gasteiger partial charge in [0.15, 0.2) is 0 Å². The number of nitrogens with two attached hydrogens (primary N) is 1. The standard InChI is InChI=1S/C5H7F3N2O/c6-5(7,8)4(1-2-4)10-3(9)11/h1-2H2,(H3,9,10,11). The van der Waals surface area contributed by atoms with Gasteiger partial charge in [-0.1, -0.05) is 0 Å². The van der Waals surface area contributed by atoms with Gasteiger partial charge in [0, 0.05) is 0 Å². The Morgan fingerprint density at radius 2 is 1.91 bits per heavy atom. The normalized spacial score (nSPS) is 21.0. The molecule has 0 unspecified atom stereocenters. The van der Waals surface area contributed by atoms with E-state index in [0.717, 1.165) is 0 Å². The molecule has 3 nitrogen and oxygen atoms in total. The number of rotatable bonds is 1. The molecule has 1 aliphatic carbocycles. The first-order valence-corrected chi connectivity index (χ1v) is 3.02. The topological polar surface area (TPSA) is 55.1 Å². The average Bonchev–Trinajstić information content (AvgIpc) is 2.42. The van der Waals surface area contributed by atoms with E-state index in [-0.39, 0.29) is 12.8 Å². The fourth-order valence-corrected chi connectivity index (χ4v) is 0.840. The van der Waals surface area contributed by atoms with Crippen molar-refractivity contribution < 1.29 is 18.0 Å². The zero-order valence-electron chi connectivity index (χ0n) is 5.53. The first-order valence-electron chi connectivity index (χ1n) is 3.02. The highest BCUT2D eigenvalue weighted by molar-refractivity contribution is 5.73. The molecule has 1 aliphatic rings. The Morgan fingerprint density at radius 1 is 1.45 bits per heavy atom. The molecule has 1 fully saturated rings. The Balaban J connectivity index is 2.61. The summed E-state index contributed by atoms with van der Waals surface area (Å²) >= 11 is 0. The third kappa shape index (κ3) is 1.38. The molecule has 2 amide bonds. The highest BCUT2D eigenvalue weighted by Gasteiger charge is 2.64. The van der Waals surface area contributed by atoms with E-state index in [2.05, 4.69) is 5.73 Å². The third-order valence-electron chi connectivity index (χ3n) is 1.66. The summed E-state index contributed by atoms with van der Waals surface area (Å²) in [6.45, 7) is 0. The van der Waals surface area contributed by atoms with Crippen molar-refractivity contribution in [3.63, 3.8) is 0 Å². The molecule has 6 heteroatoms. The second-order valence-corrected chi connectivity index (χ2v) is 2.57. The van der Waals surface area contributed by atoms with Crippen molar-refractivity contribution in [3.05, 3.63) is 0 Å². The van der Waals surface area contributed by atoms with Crippen LogP contribution in [0, 0.1) is 0 Å². The summed E-state index contributed by atoms with van der Waals surface area (Å²) in [4.78, 5) is 10.1. The minimum Gasteiger partial charge on any atom is -0.352 e. The smallest absolute Gasteiger partial charge is 0.352 e. The molecule has 0 aromatic rings. The lowest BCUT2D eigenvalue weighted by atomic mass is 10.3. The lowest BCUT2D eigenvalue weighted by molar-refractivity contribution is -0.162. The number of halogens is 3. The molecular formula is C5H7F3N2O. The van der Waals surface area contributed by atoms with Gasteiger partial charge in [-0.2, -0.15) is 13.2 Å². The van der Waals surface area contributed by atoms with E-state index in [1.807, 2.05) is 0 Å². The third-order valence-corrected chi connectivity index (χ3v) is 1.66. The Bertz CT molecular complexity index is 185. The van der Waals surface area contributed by atoms with Gasteiger partial charge in [-0.05, 0) is 12.8 Å². The van der Waals surface area contributed by atoms with Crippen molar-refractivity contribution in [3.8, 4) is 0 Å². The maximum atomic E-state index is 12.0. The van der Waals surface area contributed by atoms with Crippen LogP contribution >= 0.6 is 0 Å². The second-order valence-electron chi connectivity index (χ2n) is 2.57. The van der Waals surface area contributed by atoms with Crippen LogP contribution < -0.4 is 11.1 Å². The minimum atomic E-state index is -4.37. The molecule has 11 heavy (non-hydrogen) atoms. The monoisotopic (exact) mass is 168 g/mol. The number of urea groups is 1. The molecule has 1 rings (SSSR count). The van der Waals surface area contributed by atoms with E-state index in [1.54, 1.807) is 5.32 Å². The van der Waals surface area contributed by atoms with Crippen LogP contribution in [0.4, 0.5) is 18.0 Å². The summed E-state index contributed by atoms with van der Waals surface area (Å²) in [5.74, 6) is 0. The lowest BCUT2D eigenvalue weighted by Crippen LogP contribution is -2.49. The summed E-state index contributed by atoms with van der Waals surface area (Å²) in [6, 6.07) is -1.13. The van der Waals surface area contributed by atoms with Crippen molar-refractivity contribution in [1.82, 2.24) is 5.32 Å². The maximum absolute atomic E-state index is 12.0. The number of nitrogens with one attached hydrogen (secondary N) is 1. The molecule has 0 aromatic heterocycles. The van der Waals surface area contributed by atoms with E-state index >= 15 is 0 Å². The Labute approximate surface area is 60.7 Å². The van der Waals surface area contributed by atoms with E-state index in [0.29, 0.717) is 0 Å². The molecule has 0 atom stereocenters. The van der Waals surface area contributed by atoms with Crippen molar-refractivity contribution in [1.29, 1.82) is 0 Å². The van der Waals surface area contributed by atoms with Crippen molar-refractivity contribution in [2.75, 3.05) is 0 Å². The SMILES string of the molecule is NC(=O)NC1(C(F)(F)F)CC1. The van der Waals surface area contributed by atoms with Crippen LogP contribution in [0.25, 0.3) is 0 Å². The molecule has 0 heterocycles. The quantitative estimate of drug-likeness (QED) is 0.596. The Morgan fingerprint density at radius 3 is 2.00 bits per heavy atom. The van der Waals surface area contributed by atoms with Crippen LogP contribution in [0.5, 0.6) is 0 Å². The number of hydrogen-bond acceptors (Lipinski definition) is 1. The van der Waals surface area contributed by atoms with Crippen LogP contribution in [0.1, 0.15) is 12.8 Å². The summed E-state index contributed by atoms with van der Waals surface area (Å²) in [7, 11) is 0. The number of carbonyl (C=O) groups excluding carboxylic acids is 1. The predicted octanol–water partition coefficient (Wildman–Crippen LogP) is 0.750. The summed E-state index contributed by atoms with van der Waals surface area (Å²) < 4.78 is 36.0. The van der Waals surface area contributed by atoms with Gasteiger partial charge < -0.3 is 11.1 Å². The molecule has 0 radical (unpaired) electrons. The number of primary amides is 1. The van der Waals surface area contributed by atoms with Crippen molar-refractivity contribution >= 4 is 6.03 Å². The molecule has 0 aliphatic heterocycles. The van der Waals surface area contributed by atoms with Crippen LogP contribution in [-0.4, -0.2) is 17.7 Å². The zero-order chi connectivity index (χ0) is 8.70. The van der Waals surface area contributed by atoms with E-state index < -0.39 is 17.7 Å². The van der Waals surface area contributed by atoms with Crippen LogP contribution in [0.15, 0.2) is 0 Å². The molecule has 64 valence electrons. The van der Waals surface area contributed by atoms with Gasteiger partial charge in [0.25, 0.3) is 0 Å². The zero-order valence-corrected chi connectivity index (χ0v) is 5.53. The van der Waals surface area contributed by atoms with Gasteiger partial charge in [0.05, 0.1) is 0 Å². The number of carbonyl (C=O) groups is 1. The van der Waals surface area contributed by atoms with Crippen LogP contribution in [0.2, 0.25) is 0 Å². The number of amides is 2. The Kier molecular flexibility index (Phi) is 1.50. The number of hydrogen-bond donors (Lipinski definition) is 2. The van der Waals surface area contributed by atoms with Crippen LogP contribution in [0.3, 0.4) is 0 Å². The van der Waals surface area contributed by atoms with Gasteiger partial charge in [-0.15, -0.1) is 0 Å². The highest BCUT2D eigenvalue weighted by atomic mass is 19.4. The molecule has 1 saturated carbocycles. The molecule has 3 N–H and O–H groups in total. The lowest BCUT2D eigenvalue weighted by Gasteiger charge is -2.18. The number of alkyl halides is 3. The molecular weight excluding hydrogens is 161 g/mol. The predicted molar refractivity (Wildman–Crippen MR) is 30.7 cm³/mol. The van der Waals surface area contributed by atoms with Gasteiger partial charge in [-0.25, -0.2) is 4.79 Å². The molecule has 0 spiro atoms. The minimum absolute atomic E-state index is 0.0700. The first kappa shape index (κ1) is 8.16. The summed E-state index contributed by atoms with van der Waals surface area (Å²) in [6.07, 6.45) is -4.51. The van der Waals surface area contributed by atoms with E-state index in [9.17, 15) is 18.0 Å². The van der Waals surface area contributed by atoms with E-state index in [4.69, 9.17) is 0 Å². The highest BCUT2D eigenvalue weighted by Crippen LogP contribution is 2.48. The molecule has 0 saturated heterocycles. The second kappa shape index (κ2) is 2.02. The molecule has 0 bridgehead atoms. The van der Waals surface area contributed by atoms with Crippen molar-refractivity contribution in [2.45, 2.75) is 24.6 Å². The largest absolute Gasteiger partial charge is 0.411 e. The van der Waals surface area contributed by atoms with Gasteiger partial charge in [-0.3, -0.25) is 0 Å². The van der Waals surface area contributed by atoms with E-state index in [1.165, 1.54) is 0 Å². The first-order chi connectivity index (χ1) is 4.87. The summed E-state index contributed by atoms with van der Waals surface area (Å²) in [5, 5.41) is 1.68.